The average Bonchev–Trinajstić information content (AvgIpc) is 3.14. The number of thiophene rings is 1. The van der Waals surface area contributed by atoms with E-state index in [4.69, 9.17) is 14.5 Å². The van der Waals surface area contributed by atoms with Crippen LogP contribution in [0.1, 0.15) is 32.0 Å². The molecule has 0 saturated carbocycles. The number of aromatic nitrogens is 2. The molecule has 1 fully saturated rings. The van der Waals surface area contributed by atoms with Crippen molar-refractivity contribution in [1.29, 1.82) is 0 Å². The number of H-pyrrole nitrogens is 1. The lowest BCUT2D eigenvalue weighted by atomic mass is 10.0. The second-order valence-electron chi connectivity index (χ2n) is 7.23. The third-order valence-electron chi connectivity index (χ3n) is 5.48. The lowest BCUT2D eigenvalue weighted by Gasteiger charge is -2.32. The van der Waals surface area contributed by atoms with Gasteiger partial charge in [0.1, 0.15) is 10.7 Å². The number of nitrogens with one attached hydrogen (secondary N) is 1. The summed E-state index contributed by atoms with van der Waals surface area (Å²) in [6.07, 6.45) is 3.69. The fraction of sp³-hybridized carbons (Fsp3) is 0.429. The molecule has 7 heteroatoms. The Morgan fingerprint density at radius 2 is 2.07 bits per heavy atom. The minimum Gasteiger partial charge on any atom is -0.493 e. The second-order valence-corrected chi connectivity index (χ2v) is 8.09. The van der Waals surface area contributed by atoms with E-state index < -0.39 is 0 Å². The minimum atomic E-state index is -0.0873. The highest BCUT2D eigenvalue weighted by atomic mass is 32.1. The highest BCUT2D eigenvalue weighted by Gasteiger charge is 2.20. The van der Waals surface area contributed by atoms with Gasteiger partial charge in [0.2, 0.25) is 0 Å². The summed E-state index contributed by atoms with van der Waals surface area (Å²) in [7, 11) is 3.21. The molecule has 1 aliphatic heterocycles. The van der Waals surface area contributed by atoms with Crippen LogP contribution in [0.3, 0.4) is 0 Å². The van der Waals surface area contributed by atoms with Gasteiger partial charge in [-0.25, -0.2) is 4.98 Å². The zero-order valence-electron chi connectivity index (χ0n) is 16.4. The average molecular weight is 400 g/mol. The zero-order chi connectivity index (χ0) is 19.7. The zero-order valence-corrected chi connectivity index (χ0v) is 17.3. The number of ether oxygens (including phenoxy) is 2. The van der Waals surface area contributed by atoms with E-state index in [-0.39, 0.29) is 5.56 Å². The molecule has 1 saturated heterocycles. The largest absolute Gasteiger partial charge is 0.493 e. The van der Waals surface area contributed by atoms with Crippen molar-refractivity contribution in [2.45, 2.75) is 38.8 Å². The van der Waals surface area contributed by atoms with Gasteiger partial charge in [-0.3, -0.25) is 9.69 Å². The predicted octanol–water partition coefficient (Wildman–Crippen LogP) is 4.04. The molecule has 0 amide bonds. The van der Waals surface area contributed by atoms with Crippen LogP contribution < -0.4 is 15.0 Å². The van der Waals surface area contributed by atoms with Crippen molar-refractivity contribution < 1.29 is 9.47 Å². The van der Waals surface area contributed by atoms with E-state index >= 15 is 0 Å². The Morgan fingerprint density at radius 1 is 1.25 bits per heavy atom. The smallest absolute Gasteiger partial charge is 0.260 e. The summed E-state index contributed by atoms with van der Waals surface area (Å²) in [5.41, 5.74) is 1.69. The standard InChI is InChI=1S/C21H25N3O3S/c1-13-6-4-5-9-24(13)11-18-22-20(25)19-15(12-28-21(19)23-18)14-7-8-16(26-2)17(10-14)27-3/h7-8,10,12-13H,4-6,9,11H2,1-3H3,(H,22,23,25)/t13-/m1/s1. The molecule has 3 heterocycles. The summed E-state index contributed by atoms with van der Waals surface area (Å²) >= 11 is 1.50. The number of piperidine rings is 1. The quantitative estimate of drug-likeness (QED) is 0.701. The van der Waals surface area contributed by atoms with Crippen molar-refractivity contribution in [2.75, 3.05) is 20.8 Å². The van der Waals surface area contributed by atoms with Crippen LogP contribution in [0, 0.1) is 0 Å². The molecule has 0 spiro atoms. The number of methoxy groups -OCH3 is 2. The van der Waals surface area contributed by atoms with E-state index in [2.05, 4.69) is 16.8 Å². The fourth-order valence-electron chi connectivity index (χ4n) is 3.87. The molecule has 2 aromatic heterocycles. The molecule has 1 N–H and O–H groups in total. The molecular formula is C21H25N3O3S. The number of likely N-dealkylation sites (tertiary alicyclic amines) is 1. The van der Waals surface area contributed by atoms with E-state index in [1.807, 2.05) is 23.6 Å². The number of hydrogen-bond acceptors (Lipinski definition) is 6. The molecule has 148 valence electrons. The highest BCUT2D eigenvalue weighted by molar-refractivity contribution is 7.17. The Hall–Kier alpha value is -2.38. The van der Waals surface area contributed by atoms with Crippen LogP contribution in [0.15, 0.2) is 28.4 Å². The van der Waals surface area contributed by atoms with Gasteiger partial charge in [-0.15, -0.1) is 11.3 Å². The van der Waals surface area contributed by atoms with Crippen LogP contribution in [0.25, 0.3) is 21.3 Å². The molecule has 0 radical (unpaired) electrons. The van der Waals surface area contributed by atoms with Crippen molar-refractivity contribution in [2.24, 2.45) is 0 Å². The Bertz CT molecular complexity index is 1040. The SMILES string of the molecule is COc1ccc(-c2csc3nc(CN4CCCC[C@H]4C)[nH]c(=O)c23)cc1OC. The Morgan fingerprint density at radius 3 is 2.82 bits per heavy atom. The van der Waals surface area contributed by atoms with Crippen LogP contribution in [-0.2, 0) is 6.54 Å². The maximum Gasteiger partial charge on any atom is 0.260 e. The van der Waals surface area contributed by atoms with Gasteiger partial charge >= 0.3 is 0 Å². The molecule has 4 rings (SSSR count). The molecule has 1 atom stereocenters. The van der Waals surface area contributed by atoms with Gasteiger partial charge in [-0.2, -0.15) is 0 Å². The molecule has 0 unspecified atom stereocenters. The van der Waals surface area contributed by atoms with Crippen LogP contribution in [0.5, 0.6) is 11.5 Å². The van der Waals surface area contributed by atoms with Crippen molar-refractivity contribution in [3.05, 3.63) is 39.8 Å². The maximum absolute atomic E-state index is 12.9. The monoisotopic (exact) mass is 399 g/mol. The van der Waals surface area contributed by atoms with Gasteiger partial charge < -0.3 is 14.5 Å². The third-order valence-corrected chi connectivity index (χ3v) is 6.35. The van der Waals surface area contributed by atoms with Crippen LogP contribution in [-0.4, -0.2) is 41.7 Å². The van der Waals surface area contributed by atoms with E-state index in [0.29, 0.717) is 29.5 Å². The van der Waals surface area contributed by atoms with Gasteiger partial charge in [-0.1, -0.05) is 12.5 Å². The number of fused-ring (bicyclic) bond motifs is 1. The summed E-state index contributed by atoms with van der Waals surface area (Å²) in [4.78, 5) is 23.8. The van der Waals surface area contributed by atoms with Gasteiger partial charge in [0, 0.05) is 17.0 Å². The van der Waals surface area contributed by atoms with Gasteiger partial charge in [0.15, 0.2) is 11.5 Å². The molecule has 28 heavy (non-hydrogen) atoms. The van der Waals surface area contributed by atoms with Crippen molar-refractivity contribution in [3.8, 4) is 22.6 Å². The predicted molar refractivity (Wildman–Crippen MR) is 113 cm³/mol. The Labute approximate surface area is 168 Å². The van der Waals surface area contributed by atoms with Crippen molar-refractivity contribution in [3.63, 3.8) is 0 Å². The summed E-state index contributed by atoms with van der Waals surface area (Å²) in [5, 5.41) is 2.62. The van der Waals surface area contributed by atoms with Gasteiger partial charge in [0.25, 0.3) is 5.56 Å². The topological polar surface area (TPSA) is 67.5 Å². The number of rotatable bonds is 5. The second kappa shape index (κ2) is 7.93. The van der Waals surface area contributed by atoms with E-state index in [9.17, 15) is 4.79 Å². The van der Waals surface area contributed by atoms with Gasteiger partial charge in [0.05, 0.1) is 26.2 Å². The molecule has 1 aliphatic rings. The first-order chi connectivity index (χ1) is 13.6. The molecule has 1 aromatic carbocycles. The van der Waals surface area contributed by atoms with Gasteiger partial charge in [-0.05, 0) is 44.0 Å². The first kappa shape index (κ1) is 19.0. The lowest BCUT2D eigenvalue weighted by molar-refractivity contribution is 0.149. The summed E-state index contributed by atoms with van der Waals surface area (Å²) < 4.78 is 10.7. The molecule has 3 aromatic rings. The van der Waals surface area contributed by atoms with Crippen molar-refractivity contribution >= 4 is 21.6 Å². The van der Waals surface area contributed by atoms with Crippen LogP contribution in [0.2, 0.25) is 0 Å². The number of benzene rings is 1. The number of nitrogens with zero attached hydrogens (tertiary/aromatic N) is 2. The first-order valence-electron chi connectivity index (χ1n) is 9.57. The first-order valence-corrected chi connectivity index (χ1v) is 10.5. The summed E-state index contributed by atoms with van der Waals surface area (Å²) in [6, 6.07) is 6.21. The molecular weight excluding hydrogens is 374 g/mol. The van der Waals surface area contributed by atoms with Crippen molar-refractivity contribution in [1.82, 2.24) is 14.9 Å². The van der Waals surface area contributed by atoms with Crippen LogP contribution >= 0.6 is 11.3 Å². The third kappa shape index (κ3) is 3.52. The molecule has 0 aliphatic carbocycles. The lowest BCUT2D eigenvalue weighted by Crippen LogP contribution is -2.37. The van der Waals surface area contributed by atoms with E-state index in [1.165, 1.54) is 30.6 Å². The summed E-state index contributed by atoms with van der Waals surface area (Å²) in [5.74, 6) is 2.04. The molecule has 0 bridgehead atoms. The van der Waals surface area contributed by atoms with Crippen LogP contribution in [0.4, 0.5) is 0 Å². The number of aromatic amines is 1. The number of hydrogen-bond donors (Lipinski definition) is 1. The Balaban J connectivity index is 1.70. The molecule has 6 nitrogen and oxygen atoms in total. The maximum atomic E-state index is 12.9. The van der Waals surface area contributed by atoms with E-state index in [1.54, 1.807) is 14.2 Å². The van der Waals surface area contributed by atoms with E-state index in [0.717, 1.165) is 28.3 Å². The Kier molecular flexibility index (Phi) is 5.37. The fourth-order valence-corrected chi connectivity index (χ4v) is 4.84. The minimum absolute atomic E-state index is 0.0873. The normalized spacial score (nSPS) is 17.8. The summed E-state index contributed by atoms with van der Waals surface area (Å²) in [6.45, 7) is 4.00. The highest BCUT2D eigenvalue weighted by Crippen LogP contribution is 2.36.